The highest BCUT2D eigenvalue weighted by molar-refractivity contribution is 9.10. The standard InChI is InChI=1S/C15H11BrF4O/c1-8-6-10(17)3-5-11(8)14(21)12-4-2-9(16)7-13(12)15(18,19)20/h2-7,14,21H,1H3. The number of aliphatic hydroxyl groups excluding tert-OH is 1. The summed E-state index contributed by atoms with van der Waals surface area (Å²) in [5.41, 5.74) is -0.559. The van der Waals surface area contributed by atoms with E-state index in [1.54, 1.807) is 0 Å². The van der Waals surface area contributed by atoms with Gasteiger partial charge in [0.25, 0.3) is 0 Å². The van der Waals surface area contributed by atoms with E-state index < -0.39 is 23.7 Å². The van der Waals surface area contributed by atoms with E-state index in [1.165, 1.54) is 31.2 Å². The van der Waals surface area contributed by atoms with Gasteiger partial charge >= 0.3 is 6.18 Å². The van der Waals surface area contributed by atoms with Gasteiger partial charge in [-0.25, -0.2) is 4.39 Å². The van der Waals surface area contributed by atoms with Crippen LogP contribution in [-0.2, 0) is 6.18 Å². The molecule has 21 heavy (non-hydrogen) atoms. The predicted octanol–water partition coefficient (Wildman–Crippen LogP) is 5.00. The fourth-order valence-electron chi connectivity index (χ4n) is 2.13. The van der Waals surface area contributed by atoms with Crippen molar-refractivity contribution in [2.24, 2.45) is 0 Å². The summed E-state index contributed by atoms with van der Waals surface area (Å²) >= 11 is 2.99. The predicted molar refractivity (Wildman–Crippen MR) is 74.3 cm³/mol. The van der Waals surface area contributed by atoms with Crippen LogP contribution in [-0.4, -0.2) is 5.11 Å². The molecule has 0 spiro atoms. The van der Waals surface area contributed by atoms with Crippen LogP contribution in [0.1, 0.15) is 28.4 Å². The number of halogens is 5. The molecule has 1 N–H and O–H groups in total. The third-order valence-corrected chi connectivity index (χ3v) is 3.64. The van der Waals surface area contributed by atoms with E-state index in [0.29, 0.717) is 5.56 Å². The van der Waals surface area contributed by atoms with Crippen molar-refractivity contribution in [1.29, 1.82) is 0 Å². The maximum absolute atomic E-state index is 13.1. The van der Waals surface area contributed by atoms with Crippen LogP contribution >= 0.6 is 15.9 Å². The molecule has 0 amide bonds. The van der Waals surface area contributed by atoms with Crippen LogP contribution in [0.5, 0.6) is 0 Å². The van der Waals surface area contributed by atoms with Gasteiger partial charge in [0.2, 0.25) is 0 Å². The molecule has 0 saturated heterocycles. The third kappa shape index (κ3) is 3.44. The van der Waals surface area contributed by atoms with Gasteiger partial charge in [0.15, 0.2) is 0 Å². The van der Waals surface area contributed by atoms with Crippen LogP contribution in [0, 0.1) is 12.7 Å². The van der Waals surface area contributed by atoms with E-state index in [1.807, 2.05) is 0 Å². The SMILES string of the molecule is Cc1cc(F)ccc1C(O)c1ccc(Br)cc1C(F)(F)F. The lowest BCUT2D eigenvalue weighted by molar-refractivity contribution is -0.139. The van der Waals surface area contributed by atoms with Gasteiger partial charge in [-0.05, 0) is 47.9 Å². The van der Waals surface area contributed by atoms with Gasteiger partial charge in [0.05, 0.1) is 5.56 Å². The Morgan fingerprint density at radius 3 is 2.24 bits per heavy atom. The second kappa shape index (κ2) is 5.77. The second-order valence-electron chi connectivity index (χ2n) is 4.63. The summed E-state index contributed by atoms with van der Waals surface area (Å²) in [6.07, 6.45) is -6.07. The first-order chi connectivity index (χ1) is 9.70. The van der Waals surface area contributed by atoms with Crippen LogP contribution in [0.4, 0.5) is 17.6 Å². The molecule has 0 heterocycles. The van der Waals surface area contributed by atoms with Crippen LogP contribution in [0.25, 0.3) is 0 Å². The maximum atomic E-state index is 13.1. The van der Waals surface area contributed by atoms with Gasteiger partial charge in [-0.2, -0.15) is 13.2 Å². The molecule has 0 aliphatic carbocycles. The lowest BCUT2D eigenvalue weighted by Gasteiger charge is -2.19. The minimum atomic E-state index is -4.59. The van der Waals surface area contributed by atoms with Crippen molar-refractivity contribution < 1.29 is 22.7 Å². The Kier molecular flexibility index (Phi) is 4.39. The topological polar surface area (TPSA) is 20.2 Å². The van der Waals surface area contributed by atoms with Crippen LogP contribution in [0.3, 0.4) is 0 Å². The molecule has 2 aromatic rings. The van der Waals surface area contributed by atoms with E-state index in [4.69, 9.17) is 0 Å². The van der Waals surface area contributed by atoms with Gasteiger partial charge < -0.3 is 5.11 Å². The summed E-state index contributed by atoms with van der Waals surface area (Å²) in [7, 11) is 0. The molecule has 1 unspecified atom stereocenters. The molecule has 1 atom stereocenters. The highest BCUT2D eigenvalue weighted by atomic mass is 79.9. The van der Waals surface area contributed by atoms with Gasteiger partial charge in [0, 0.05) is 4.47 Å². The second-order valence-corrected chi connectivity index (χ2v) is 5.55. The van der Waals surface area contributed by atoms with Gasteiger partial charge in [0.1, 0.15) is 11.9 Å². The largest absolute Gasteiger partial charge is 0.416 e. The monoisotopic (exact) mass is 362 g/mol. The molecule has 0 aromatic heterocycles. The lowest BCUT2D eigenvalue weighted by Crippen LogP contribution is -2.13. The van der Waals surface area contributed by atoms with Crippen molar-refractivity contribution in [2.75, 3.05) is 0 Å². The zero-order chi connectivity index (χ0) is 15.8. The van der Waals surface area contributed by atoms with Crippen molar-refractivity contribution in [3.05, 3.63) is 68.9 Å². The third-order valence-electron chi connectivity index (χ3n) is 3.14. The average molecular weight is 363 g/mol. The van der Waals surface area contributed by atoms with Crippen molar-refractivity contribution in [2.45, 2.75) is 19.2 Å². The number of aliphatic hydroxyl groups is 1. The minimum Gasteiger partial charge on any atom is -0.384 e. The van der Waals surface area contributed by atoms with E-state index >= 15 is 0 Å². The normalized spacial score (nSPS) is 13.3. The molecule has 0 saturated carbocycles. The maximum Gasteiger partial charge on any atom is 0.416 e. The molecular formula is C15H11BrF4O. The summed E-state index contributed by atoms with van der Waals surface area (Å²) in [4.78, 5) is 0. The zero-order valence-corrected chi connectivity index (χ0v) is 12.5. The number of benzene rings is 2. The Bertz CT molecular complexity index is 667. The fourth-order valence-corrected chi connectivity index (χ4v) is 2.49. The lowest BCUT2D eigenvalue weighted by atomic mass is 9.94. The molecule has 0 bridgehead atoms. The first-order valence-corrected chi connectivity index (χ1v) is 6.80. The minimum absolute atomic E-state index is 0.240. The average Bonchev–Trinajstić information content (AvgIpc) is 2.37. The van der Waals surface area contributed by atoms with Crippen molar-refractivity contribution in [3.8, 4) is 0 Å². The Labute approximate surface area is 127 Å². The van der Waals surface area contributed by atoms with E-state index in [0.717, 1.165) is 12.1 Å². The number of aryl methyl sites for hydroxylation is 1. The Morgan fingerprint density at radius 1 is 1.05 bits per heavy atom. The van der Waals surface area contributed by atoms with Crippen molar-refractivity contribution in [3.63, 3.8) is 0 Å². The molecule has 2 aromatic carbocycles. The first kappa shape index (κ1) is 16.0. The van der Waals surface area contributed by atoms with E-state index in [-0.39, 0.29) is 15.6 Å². The summed E-state index contributed by atoms with van der Waals surface area (Å²) in [6, 6.07) is 7.12. The smallest absolute Gasteiger partial charge is 0.384 e. The molecule has 2 rings (SSSR count). The molecule has 6 heteroatoms. The van der Waals surface area contributed by atoms with Crippen LogP contribution in [0.15, 0.2) is 40.9 Å². The number of hydrogen-bond acceptors (Lipinski definition) is 1. The summed E-state index contributed by atoms with van der Waals surface area (Å²) in [5.74, 6) is -0.504. The molecule has 0 fully saturated rings. The number of hydrogen-bond donors (Lipinski definition) is 1. The highest BCUT2D eigenvalue weighted by Gasteiger charge is 2.35. The van der Waals surface area contributed by atoms with Crippen LogP contribution in [0.2, 0.25) is 0 Å². The molecule has 0 radical (unpaired) electrons. The van der Waals surface area contributed by atoms with Crippen molar-refractivity contribution in [1.82, 2.24) is 0 Å². The molecule has 0 aliphatic heterocycles. The van der Waals surface area contributed by atoms with E-state index in [9.17, 15) is 22.7 Å². The zero-order valence-electron chi connectivity index (χ0n) is 10.9. The molecule has 1 nitrogen and oxygen atoms in total. The highest BCUT2D eigenvalue weighted by Crippen LogP contribution is 2.38. The fraction of sp³-hybridized carbons (Fsp3) is 0.200. The Morgan fingerprint density at radius 2 is 1.67 bits per heavy atom. The summed E-state index contributed by atoms with van der Waals surface area (Å²) < 4.78 is 52.6. The molecule has 112 valence electrons. The molecule has 0 aliphatic rings. The Balaban J connectivity index is 2.55. The summed E-state index contributed by atoms with van der Waals surface area (Å²) in [5, 5.41) is 10.3. The number of alkyl halides is 3. The van der Waals surface area contributed by atoms with Crippen molar-refractivity contribution >= 4 is 15.9 Å². The first-order valence-electron chi connectivity index (χ1n) is 6.01. The Hall–Kier alpha value is -1.40. The molecular weight excluding hydrogens is 352 g/mol. The van der Waals surface area contributed by atoms with Crippen LogP contribution < -0.4 is 0 Å². The summed E-state index contributed by atoms with van der Waals surface area (Å²) in [6.45, 7) is 1.54. The van der Waals surface area contributed by atoms with Gasteiger partial charge in [-0.3, -0.25) is 0 Å². The van der Waals surface area contributed by atoms with Gasteiger partial charge in [-0.15, -0.1) is 0 Å². The quantitative estimate of drug-likeness (QED) is 0.745. The van der Waals surface area contributed by atoms with Gasteiger partial charge in [-0.1, -0.05) is 28.1 Å². The van der Waals surface area contributed by atoms with E-state index in [2.05, 4.69) is 15.9 Å². The number of rotatable bonds is 2.